The first-order valence-corrected chi connectivity index (χ1v) is 7.52. The molecule has 11 nitrogen and oxygen atoms in total. The Labute approximate surface area is 156 Å². The molecular formula is C15H11ClN4O7. The normalized spacial score (nSPS) is 10.6. The van der Waals surface area contributed by atoms with Crippen LogP contribution in [0, 0.1) is 20.2 Å². The molecule has 0 saturated heterocycles. The van der Waals surface area contributed by atoms with Gasteiger partial charge >= 0.3 is 11.4 Å². The van der Waals surface area contributed by atoms with Crippen LogP contribution in [0.3, 0.4) is 0 Å². The van der Waals surface area contributed by atoms with E-state index >= 15 is 0 Å². The lowest BCUT2D eigenvalue weighted by Gasteiger charge is -2.05. The highest BCUT2D eigenvalue weighted by molar-refractivity contribution is 6.31. The Hall–Kier alpha value is -3.73. The van der Waals surface area contributed by atoms with E-state index in [1.807, 2.05) is 0 Å². The van der Waals surface area contributed by atoms with Crippen molar-refractivity contribution in [3.8, 4) is 11.5 Å². The summed E-state index contributed by atoms with van der Waals surface area (Å²) in [5.74, 6) is -1.51. The third kappa shape index (κ3) is 5.12. The fraction of sp³-hybridized carbons (Fsp3) is 0.0667. The number of phenols is 1. The van der Waals surface area contributed by atoms with Crippen molar-refractivity contribution in [3.05, 3.63) is 67.2 Å². The number of nitrogens with zero attached hydrogens (tertiary/aromatic N) is 3. The van der Waals surface area contributed by atoms with Gasteiger partial charge in [-0.2, -0.15) is 5.10 Å². The number of nitrogens with one attached hydrogen (secondary N) is 1. The summed E-state index contributed by atoms with van der Waals surface area (Å²) in [7, 11) is 0. The quantitative estimate of drug-likeness (QED) is 0.414. The molecule has 12 heteroatoms. The van der Waals surface area contributed by atoms with E-state index < -0.39 is 33.8 Å². The van der Waals surface area contributed by atoms with Crippen LogP contribution in [-0.4, -0.2) is 33.7 Å². The van der Waals surface area contributed by atoms with Crippen molar-refractivity contribution in [3.63, 3.8) is 0 Å². The number of ether oxygens (including phenoxy) is 1. The summed E-state index contributed by atoms with van der Waals surface area (Å²) < 4.78 is 5.07. The molecule has 0 atom stereocenters. The third-order valence-corrected chi connectivity index (χ3v) is 3.31. The smallest absolute Gasteiger partial charge is 0.312 e. The molecule has 0 aromatic heterocycles. The van der Waals surface area contributed by atoms with Gasteiger partial charge in [0.1, 0.15) is 0 Å². The van der Waals surface area contributed by atoms with E-state index in [1.165, 1.54) is 30.3 Å². The highest BCUT2D eigenvalue weighted by atomic mass is 35.5. The standard InChI is InChI=1S/C15H11ClN4O7/c16-10-5-9(15(22)12(6-10)20(25)26)7-17-18-14(21)8-27-13-4-2-1-3-11(13)19(23)24/h1-7,22H,8H2,(H,18,21). The molecule has 0 aliphatic carbocycles. The molecule has 27 heavy (non-hydrogen) atoms. The van der Waals surface area contributed by atoms with Crippen molar-refractivity contribution in [2.45, 2.75) is 0 Å². The van der Waals surface area contributed by atoms with Gasteiger partial charge < -0.3 is 9.84 Å². The topological polar surface area (TPSA) is 157 Å². The molecule has 2 aromatic carbocycles. The van der Waals surface area contributed by atoms with E-state index in [1.54, 1.807) is 0 Å². The van der Waals surface area contributed by atoms with Gasteiger partial charge in [0.25, 0.3) is 5.91 Å². The zero-order chi connectivity index (χ0) is 20.0. The molecule has 1 amide bonds. The second kappa shape index (κ2) is 8.58. The van der Waals surface area contributed by atoms with Crippen LogP contribution in [0.5, 0.6) is 11.5 Å². The number of carbonyl (C=O) groups is 1. The maximum atomic E-state index is 11.7. The first-order valence-electron chi connectivity index (χ1n) is 7.14. The third-order valence-electron chi connectivity index (χ3n) is 3.09. The van der Waals surface area contributed by atoms with E-state index in [2.05, 4.69) is 10.5 Å². The van der Waals surface area contributed by atoms with Crippen molar-refractivity contribution in [1.82, 2.24) is 5.43 Å². The lowest BCUT2D eigenvalue weighted by atomic mass is 10.2. The van der Waals surface area contributed by atoms with Gasteiger partial charge in [0.05, 0.1) is 16.1 Å². The highest BCUT2D eigenvalue weighted by Crippen LogP contribution is 2.32. The van der Waals surface area contributed by atoms with Crippen LogP contribution in [0.1, 0.15) is 5.56 Å². The summed E-state index contributed by atoms with van der Waals surface area (Å²) in [5.41, 5.74) is 1.05. The largest absolute Gasteiger partial charge is 0.502 e. The van der Waals surface area contributed by atoms with Gasteiger partial charge in [-0.15, -0.1) is 0 Å². The Bertz CT molecular complexity index is 932. The van der Waals surface area contributed by atoms with Gasteiger partial charge in [0.15, 0.2) is 12.4 Å². The molecule has 0 unspecified atom stereocenters. The second-order valence-electron chi connectivity index (χ2n) is 4.93. The number of aromatic hydroxyl groups is 1. The highest BCUT2D eigenvalue weighted by Gasteiger charge is 2.18. The molecule has 0 spiro atoms. The number of amides is 1. The first-order chi connectivity index (χ1) is 12.8. The summed E-state index contributed by atoms with van der Waals surface area (Å²) in [6.45, 7) is -0.566. The lowest BCUT2D eigenvalue weighted by molar-refractivity contribution is -0.386. The molecule has 0 aliphatic heterocycles. The van der Waals surface area contributed by atoms with E-state index in [9.17, 15) is 30.1 Å². The van der Waals surface area contributed by atoms with Gasteiger partial charge in [-0.3, -0.25) is 25.0 Å². The van der Waals surface area contributed by atoms with E-state index in [0.29, 0.717) is 0 Å². The van der Waals surface area contributed by atoms with Gasteiger partial charge in [0.2, 0.25) is 5.75 Å². The predicted molar refractivity (Wildman–Crippen MR) is 94.1 cm³/mol. The summed E-state index contributed by atoms with van der Waals surface area (Å²) in [5, 5.41) is 35.0. The molecule has 0 aliphatic rings. The van der Waals surface area contributed by atoms with Crippen LogP contribution in [0.2, 0.25) is 5.02 Å². The Morgan fingerprint density at radius 2 is 1.89 bits per heavy atom. The van der Waals surface area contributed by atoms with Gasteiger partial charge in [-0.1, -0.05) is 23.7 Å². The summed E-state index contributed by atoms with van der Waals surface area (Å²) in [6, 6.07) is 7.69. The molecule has 140 valence electrons. The van der Waals surface area contributed by atoms with E-state index in [-0.39, 0.29) is 22.0 Å². The second-order valence-corrected chi connectivity index (χ2v) is 5.36. The molecule has 0 saturated carbocycles. The van der Waals surface area contributed by atoms with Crippen molar-refractivity contribution in [2.24, 2.45) is 5.10 Å². The molecule has 0 fully saturated rings. The number of hydrazone groups is 1. The molecule has 0 heterocycles. The monoisotopic (exact) mass is 394 g/mol. The van der Waals surface area contributed by atoms with E-state index in [4.69, 9.17) is 16.3 Å². The van der Waals surface area contributed by atoms with Gasteiger partial charge in [-0.05, 0) is 12.1 Å². The molecular weight excluding hydrogens is 384 g/mol. The summed E-state index contributed by atoms with van der Waals surface area (Å²) in [4.78, 5) is 31.9. The SMILES string of the molecule is O=C(COc1ccccc1[N+](=O)[O-])NN=Cc1cc(Cl)cc([N+](=O)[O-])c1O. The number of nitro benzene ring substituents is 2. The Kier molecular flexibility index (Phi) is 6.23. The van der Waals surface area contributed by atoms with Crippen LogP contribution >= 0.6 is 11.6 Å². The first kappa shape index (κ1) is 19.6. The average Bonchev–Trinajstić information content (AvgIpc) is 2.62. The van der Waals surface area contributed by atoms with Gasteiger partial charge in [-0.25, -0.2) is 5.43 Å². The van der Waals surface area contributed by atoms with Crippen LogP contribution in [-0.2, 0) is 4.79 Å². The predicted octanol–water partition coefficient (Wildman–Crippen LogP) is 2.39. The Balaban J connectivity index is 2.00. The van der Waals surface area contributed by atoms with Crippen LogP contribution < -0.4 is 10.2 Å². The van der Waals surface area contributed by atoms with Crippen LogP contribution in [0.25, 0.3) is 0 Å². The molecule has 0 bridgehead atoms. The number of halogens is 1. The number of benzene rings is 2. The molecule has 2 N–H and O–H groups in total. The minimum absolute atomic E-state index is 0.00741. The maximum absolute atomic E-state index is 11.7. The fourth-order valence-electron chi connectivity index (χ4n) is 1.92. The minimum atomic E-state index is -0.822. The average molecular weight is 395 g/mol. The maximum Gasteiger partial charge on any atom is 0.312 e. The zero-order valence-electron chi connectivity index (χ0n) is 13.4. The minimum Gasteiger partial charge on any atom is -0.502 e. The number of carbonyl (C=O) groups excluding carboxylic acids is 1. The van der Waals surface area contributed by atoms with Crippen molar-refractivity contribution >= 4 is 35.1 Å². The lowest BCUT2D eigenvalue weighted by Crippen LogP contribution is -2.24. The number of hydrogen-bond donors (Lipinski definition) is 2. The van der Waals surface area contributed by atoms with Crippen molar-refractivity contribution in [1.29, 1.82) is 0 Å². The van der Waals surface area contributed by atoms with E-state index in [0.717, 1.165) is 12.3 Å². The Morgan fingerprint density at radius 3 is 2.56 bits per heavy atom. The zero-order valence-corrected chi connectivity index (χ0v) is 14.1. The molecule has 2 rings (SSSR count). The Morgan fingerprint density at radius 1 is 1.22 bits per heavy atom. The summed E-state index contributed by atoms with van der Waals surface area (Å²) in [6.07, 6.45) is 0.955. The fourth-order valence-corrected chi connectivity index (χ4v) is 2.14. The molecule has 2 aromatic rings. The number of phenolic OH excluding ortho intramolecular Hbond substituents is 1. The van der Waals surface area contributed by atoms with Gasteiger partial charge in [0, 0.05) is 22.7 Å². The van der Waals surface area contributed by atoms with Crippen LogP contribution in [0.4, 0.5) is 11.4 Å². The van der Waals surface area contributed by atoms with Crippen molar-refractivity contribution < 1.29 is 24.5 Å². The molecule has 0 radical (unpaired) electrons. The summed E-state index contributed by atoms with van der Waals surface area (Å²) >= 11 is 5.73. The number of hydrogen-bond acceptors (Lipinski definition) is 8. The van der Waals surface area contributed by atoms with Crippen molar-refractivity contribution in [2.75, 3.05) is 6.61 Å². The number of nitro groups is 2. The number of rotatable bonds is 7. The number of para-hydroxylation sites is 2. The van der Waals surface area contributed by atoms with Crippen LogP contribution in [0.15, 0.2) is 41.5 Å².